The van der Waals surface area contributed by atoms with E-state index in [1.807, 2.05) is 26.0 Å². The van der Waals surface area contributed by atoms with Crippen LogP contribution in [0.5, 0.6) is 5.75 Å². The zero-order chi connectivity index (χ0) is 12.0. The van der Waals surface area contributed by atoms with Crippen LogP contribution in [0.2, 0.25) is 0 Å². The van der Waals surface area contributed by atoms with Crippen LogP contribution in [0, 0.1) is 6.92 Å². The van der Waals surface area contributed by atoms with Crippen molar-refractivity contribution < 1.29 is 5.11 Å². The average molecular weight is 237 g/mol. The number of aromatic hydroxyl groups is 1. The summed E-state index contributed by atoms with van der Waals surface area (Å²) >= 11 is 4.93. The normalized spacial score (nSPS) is 10.4. The molecular weight excluding hydrogens is 222 g/mol. The molecule has 0 saturated heterocycles. The predicted molar refractivity (Wildman–Crippen MR) is 69.8 cm³/mol. The number of hydrogen-bond donors (Lipinski definition) is 3. The number of phenols is 1. The molecule has 0 aliphatic heterocycles. The van der Waals surface area contributed by atoms with Crippen LogP contribution in [-0.2, 0) is 0 Å². The van der Waals surface area contributed by atoms with Crippen molar-refractivity contribution in [3.63, 3.8) is 0 Å². The minimum atomic E-state index is 0.200. The van der Waals surface area contributed by atoms with Crippen molar-refractivity contribution in [2.45, 2.75) is 13.8 Å². The van der Waals surface area contributed by atoms with Gasteiger partial charge in [-0.2, -0.15) is 5.10 Å². The molecule has 1 aromatic rings. The van der Waals surface area contributed by atoms with Crippen LogP contribution >= 0.6 is 12.2 Å². The lowest BCUT2D eigenvalue weighted by molar-refractivity contribution is 0.474. The molecule has 0 unspecified atom stereocenters. The Morgan fingerprint density at radius 2 is 2.31 bits per heavy atom. The zero-order valence-electron chi connectivity index (χ0n) is 9.32. The Labute approximate surface area is 100 Å². The Kier molecular flexibility index (Phi) is 4.72. The van der Waals surface area contributed by atoms with Crippen LogP contribution in [0.15, 0.2) is 23.3 Å². The highest BCUT2D eigenvalue weighted by atomic mass is 32.1. The number of hydrogen-bond acceptors (Lipinski definition) is 3. The zero-order valence-corrected chi connectivity index (χ0v) is 10.1. The highest BCUT2D eigenvalue weighted by Crippen LogP contribution is 2.15. The Morgan fingerprint density at radius 3 is 3.00 bits per heavy atom. The standard InChI is InChI=1S/C11H15N3OS/c1-3-12-11(16)14-13-7-9-6-8(2)4-5-10(9)15/h4-7,15H,3H2,1-2H3,(H2,12,14,16)/b13-7+. The molecule has 0 amide bonds. The van der Waals surface area contributed by atoms with Crippen molar-refractivity contribution >= 4 is 23.5 Å². The van der Waals surface area contributed by atoms with Crippen LogP contribution in [0.25, 0.3) is 0 Å². The third-order valence-electron chi connectivity index (χ3n) is 1.89. The monoisotopic (exact) mass is 237 g/mol. The molecule has 0 aliphatic carbocycles. The summed E-state index contributed by atoms with van der Waals surface area (Å²) in [7, 11) is 0. The summed E-state index contributed by atoms with van der Waals surface area (Å²) in [5.41, 5.74) is 4.38. The molecule has 4 nitrogen and oxygen atoms in total. The van der Waals surface area contributed by atoms with Gasteiger partial charge in [0.2, 0.25) is 0 Å². The van der Waals surface area contributed by atoms with Crippen molar-refractivity contribution in [3.8, 4) is 5.75 Å². The summed E-state index contributed by atoms with van der Waals surface area (Å²) in [5, 5.41) is 16.8. The molecular formula is C11H15N3OS. The van der Waals surface area contributed by atoms with E-state index in [4.69, 9.17) is 12.2 Å². The van der Waals surface area contributed by atoms with Crippen LogP contribution < -0.4 is 10.7 Å². The molecule has 0 fully saturated rings. The van der Waals surface area contributed by atoms with Gasteiger partial charge >= 0.3 is 0 Å². The summed E-state index contributed by atoms with van der Waals surface area (Å²) in [6.45, 7) is 4.65. The van der Waals surface area contributed by atoms with E-state index in [0.717, 1.165) is 12.1 Å². The first-order chi connectivity index (χ1) is 7.63. The summed E-state index contributed by atoms with van der Waals surface area (Å²) in [6, 6.07) is 5.32. The average Bonchev–Trinajstić information content (AvgIpc) is 2.23. The number of hydrazone groups is 1. The molecule has 3 N–H and O–H groups in total. The maximum absolute atomic E-state index is 9.54. The minimum absolute atomic E-state index is 0.200. The van der Waals surface area contributed by atoms with Gasteiger partial charge in [0.15, 0.2) is 5.11 Å². The third-order valence-corrected chi connectivity index (χ3v) is 2.13. The topological polar surface area (TPSA) is 56.7 Å². The van der Waals surface area contributed by atoms with E-state index >= 15 is 0 Å². The van der Waals surface area contributed by atoms with Crippen molar-refractivity contribution in [1.82, 2.24) is 10.7 Å². The number of rotatable bonds is 3. The van der Waals surface area contributed by atoms with Gasteiger partial charge < -0.3 is 10.4 Å². The maximum atomic E-state index is 9.54. The summed E-state index contributed by atoms with van der Waals surface area (Å²) in [4.78, 5) is 0. The van der Waals surface area contributed by atoms with Gasteiger partial charge in [-0.05, 0) is 38.2 Å². The van der Waals surface area contributed by atoms with Crippen molar-refractivity contribution in [1.29, 1.82) is 0 Å². The Hall–Kier alpha value is -1.62. The van der Waals surface area contributed by atoms with E-state index in [1.54, 1.807) is 6.07 Å². The van der Waals surface area contributed by atoms with Crippen molar-refractivity contribution in [2.75, 3.05) is 6.54 Å². The largest absolute Gasteiger partial charge is 0.507 e. The number of benzene rings is 1. The first kappa shape index (κ1) is 12.4. The van der Waals surface area contributed by atoms with Crippen molar-refractivity contribution in [3.05, 3.63) is 29.3 Å². The van der Waals surface area contributed by atoms with Crippen LogP contribution in [0.3, 0.4) is 0 Å². The first-order valence-electron chi connectivity index (χ1n) is 5.00. The van der Waals surface area contributed by atoms with Crippen LogP contribution in [0.1, 0.15) is 18.1 Å². The van der Waals surface area contributed by atoms with Gasteiger partial charge in [0.25, 0.3) is 0 Å². The van der Waals surface area contributed by atoms with Gasteiger partial charge in [-0.3, -0.25) is 5.43 Å². The summed E-state index contributed by atoms with van der Waals surface area (Å²) < 4.78 is 0. The van der Waals surface area contributed by atoms with Gasteiger partial charge in [0.05, 0.1) is 6.21 Å². The molecule has 0 atom stereocenters. The van der Waals surface area contributed by atoms with E-state index < -0.39 is 0 Å². The van der Waals surface area contributed by atoms with Gasteiger partial charge in [0.1, 0.15) is 5.75 Å². The predicted octanol–water partition coefficient (Wildman–Crippen LogP) is 1.52. The fourth-order valence-corrected chi connectivity index (χ4v) is 1.33. The Balaban J connectivity index is 2.62. The molecule has 1 aromatic carbocycles. The number of aryl methyl sites for hydroxylation is 1. The third kappa shape index (κ3) is 3.86. The number of nitrogens with zero attached hydrogens (tertiary/aromatic N) is 1. The van der Waals surface area contributed by atoms with E-state index in [-0.39, 0.29) is 5.75 Å². The Morgan fingerprint density at radius 1 is 1.56 bits per heavy atom. The molecule has 0 radical (unpaired) electrons. The lowest BCUT2D eigenvalue weighted by atomic mass is 10.1. The fraction of sp³-hybridized carbons (Fsp3) is 0.273. The van der Waals surface area contributed by atoms with Crippen molar-refractivity contribution in [2.24, 2.45) is 5.10 Å². The Bertz CT molecular complexity index is 404. The highest BCUT2D eigenvalue weighted by molar-refractivity contribution is 7.80. The summed E-state index contributed by atoms with van der Waals surface area (Å²) in [5.74, 6) is 0.200. The van der Waals surface area contributed by atoms with E-state index in [2.05, 4.69) is 15.8 Å². The second-order valence-electron chi connectivity index (χ2n) is 3.29. The molecule has 0 bridgehead atoms. The van der Waals surface area contributed by atoms with Crippen LogP contribution in [-0.4, -0.2) is 23.0 Å². The molecule has 0 saturated carbocycles. The highest BCUT2D eigenvalue weighted by Gasteiger charge is 1.97. The quantitative estimate of drug-likeness (QED) is 0.424. The first-order valence-corrected chi connectivity index (χ1v) is 5.41. The number of phenolic OH excluding ortho intramolecular Hbond substituents is 1. The van der Waals surface area contributed by atoms with Gasteiger partial charge in [0, 0.05) is 12.1 Å². The van der Waals surface area contributed by atoms with Crippen LogP contribution in [0.4, 0.5) is 0 Å². The molecule has 86 valence electrons. The van der Waals surface area contributed by atoms with Gasteiger partial charge in [-0.25, -0.2) is 0 Å². The van der Waals surface area contributed by atoms with E-state index in [9.17, 15) is 5.11 Å². The number of thiocarbonyl (C=S) groups is 1. The molecule has 0 heterocycles. The second kappa shape index (κ2) is 6.07. The fourth-order valence-electron chi connectivity index (χ4n) is 1.14. The summed E-state index contributed by atoms with van der Waals surface area (Å²) in [6.07, 6.45) is 1.53. The molecule has 1 rings (SSSR count). The lowest BCUT2D eigenvalue weighted by Crippen LogP contribution is -2.31. The SMILES string of the molecule is CCNC(=S)N/N=C/c1cc(C)ccc1O. The van der Waals surface area contributed by atoms with Gasteiger partial charge in [-0.15, -0.1) is 0 Å². The van der Waals surface area contributed by atoms with E-state index in [0.29, 0.717) is 10.7 Å². The molecule has 0 aromatic heterocycles. The minimum Gasteiger partial charge on any atom is -0.507 e. The lowest BCUT2D eigenvalue weighted by Gasteiger charge is -2.03. The van der Waals surface area contributed by atoms with Gasteiger partial charge in [-0.1, -0.05) is 11.6 Å². The number of nitrogens with one attached hydrogen (secondary N) is 2. The molecule has 0 aliphatic rings. The molecule has 16 heavy (non-hydrogen) atoms. The maximum Gasteiger partial charge on any atom is 0.186 e. The van der Waals surface area contributed by atoms with E-state index in [1.165, 1.54) is 6.21 Å². The molecule has 5 heteroatoms. The second-order valence-corrected chi connectivity index (χ2v) is 3.70. The molecule has 0 spiro atoms. The smallest absolute Gasteiger partial charge is 0.186 e.